The van der Waals surface area contributed by atoms with Crippen molar-refractivity contribution in [3.8, 4) is 23.0 Å². The molecule has 2 saturated heterocycles. The van der Waals surface area contributed by atoms with Crippen LogP contribution in [0.4, 0.5) is 31.8 Å². The van der Waals surface area contributed by atoms with Gasteiger partial charge in [-0.05, 0) is 110 Å². The minimum absolute atomic E-state index is 0.333. The zero-order valence-corrected chi connectivity index (χ0v) is 39.5. The highest BCUT2D eigenvalue weighted by molar-refractivity contribution is 5.78. The van der Waals surface area contributed by atoms with Crippen molar-refractivity contribution < 1.29 is 18.3 Å². The lowest BCUT2D eigenvalue weighted by Gasteiger charge is -2.32. The molecule has 2 aliphatic rings. The Morgan fingerprint density at radius 3 is 1.39 bits per heavy atom. The lowest BCUT2D eigenvalue weighted by Crippen LogP contribution is -2.48. The highest BCUT2D eigenvalue weighted by atomic mass is 19.1. The number of alkyl halides is 2. The maximum absolute atomic E-state index is 14.2. The molecule has 22 heteroatoms. The van der Waals surface area contributed by atoms with Gasteiger partial charge in [0.1, 0.15) is 71.7 Å². The van der Waals surface area contributed by atoms with E-state index in [2.05, 4.69) is 60.8 Å². The van der Waals surface area contributed by atoms with Crippen LogP contribution in [0.25, 0.3) is 22.3 Å². The van der Waals surface area contributed by atoms with Crippen molar-refractivity contribution in [2.24, 2.45) is 11.5 Å². The number of piperidine rings is 2. The number of pyridine rings is 2. The summed E-state index contributed by atoms with van der Waals surface area (Å²) < 4.78 is 47.5. The molecule has 0 radical (unpaired) electrons. The van der Waals surface area contributed by atoms with Crippen molar-refractivity contribution in [3.63, 3.8) is 0 Å². The third-order valence-corrected chi connectivity index (χ3v) is 13.0. The summed E-state index contributed by atoms with van der Waals surface area (Å²) >= 11 is 0. The van der Waals surface area contributed by atoms with Crippen LogP contribution in [0, 0.1) is 13.8 Å². The number of nitrogens with one attached hydrogen (secondary N) is 2. The highest BCUT2D eigenvalue weighted by Crippen LogP contribution is 2.33. The molecule has 0 amide bonds. The van der Waals surface area contributed by atoms with Crippen LogP contribution in [-0.2, 0) is 13.1 Å². The number of aromatic nitrogens is 12. The fraction of sp³-hybridized carbons (Fsp3) is 0.280. The lowest BCUT2D eigenvalue weighted by molar-refractivity contribution is 0.114. The third-order valence-electron chi connectivity index (χ3n) is 13.0. The average Bonchev–Trinajstić information content (AvgIpc) is 4.21. The molecule has 4 atom stereocenters. The van der Waals surface area contributed by atoms with Gasteiger partial charge in [-0.1, -0.05) is 0 Å². The molecule has 2 aliphatic heterocycles. The van der Waals surface area contributed by atoms with Crippen LogP contribution in [0.2, 0.25) is 0 Å². The van der Waals surface area contributed by atoms with Gasteiger partial charge in [-0.15, -0.1) is 0 Å². The van der Waals surface area contributed by atoms with Gasteiger partial charge in [0.15, 0.2) is 22.9 Å². The summed E-state index contributed by atoms with van der Waals surface area (Å²) in [5, 5.41) is 23.7. The number of nitrogens with zero attached hydrogens (tertiary/aromatic N) is 14. The number of hydrogen-bond acceptors (Lipinski definition) is 16. The van der Waals surface area contributed by atoms with E-state index >= 15 is 0 Å². The molecule has 8 aromatic heterocycles. The van der Waals surface area contributed by atoms with Gasteiger partial charge in [0.05, 0.1) is 0 Å². The van der Waals surface area contributed by atoms with Gasteiger partial charge in [-0.3, -0.25) is 9.80 Å². The molecular formula is C50H52F2N18O2. The summed E-state index contributed by atoms with van der Waals surface area (Å²) in [5.74, 6) is 4.21. The molecule has 0 saturated carbocycles. The number of benzene rings is 2. The zero-order valence-electron chi connectivity index (χ0n) is 39.5. The first-order valence-corrected chi connectivity index (χ1v) is 23.6. The summed E-state index contributed by atoms with van der Waals surface area (Å²) in [6.45, 7) is 7.38. The summed E-state index contributed by atoms with van der Waals surface area (Å²) in [6.07, 6.45) is 12.7. The fourth-order valence-electron chi connectivity index (χ4n) is 9.15. The molecule has 0 unspecified atom stereocenters. The van der Waals surface area contributed by atoms with Crippen molar-refractivity contribution in [2.45, 2.75) is 64.2 Å². The first-order valence-electron chi connectivity index (χ1n) is 23.6. The Balaban J connectivity index is 0.000000156. The minimum Gasteiger partial charge on any atom is -0.457 e. The van der Waals surface area contributed by atoms with Gasteiger partial charge in [0, 0.05) is 99.6 Å². The van der Waals surface area contributed by atoms with Crippen LogP contribution in [0.1, 0.15) is 35.1 Å². The maximum Gasteiger partial charge on any atom is 0.158 e. The van der Waals surface area contributed by atoms with Gasteiger partial charge >= 0.3 is 0 Å². The monoisotopic (exact) mass is 974 g/mol. The topological polar surface area (TPSA) is 222 Å². The number of hydrogen-bond donors (Lipinski definition) is 4. The third kappa shape index (κ3) is 9.92. The molecule has 0 spiro atoms. The molecule has 72 heavy (non-hydrogen) atoms. The molecule has 10 aromatic rings. The number of likely N-dealkylation sites (tertiary alicyclic amines) is 2. The van der Waals surface area contributed by atoms with Crippen molar-refractivity contribution in [1.29, 1.82) is 0 Å². The maximum atomic E-state index is 14.2. The standard InChI is InChI=1S/2C25H26FN9O/c2*1-16-10-18(2-3-22(16)36-19-5-9-34-23(11-19)28-14-30-34)32-25-24-17(4-8-35(24)31-15-29-25)12-33-7-6-21(27)20(26)13-33/h2*2-5,8-11,14-15,20-21H,6-7,12-13,27H2,1H3,(H,29,31,32)/t2*20-,21-/m10/s1. The number of rotatable bonds is 12. The highest BCUT2D eigenvalue weighted by Gasteiger charge is 2.28. The number of anilines is 4. The first-order chi connectivity index (χ1) is 35.1. The van der Waals surface area contributed by atoms with E-state index in [4.69, 9.17) is 20.9 Å². The number of nitrogens with two attached hydrogens (primary N) is 2. The SMILES string of the molecule is Cc1cc(Nc2ncnn3ccc(CN4CC[C@@H](N)[C@H](F)C4)c23)ccc1Oc1ccn2ncnc2c1.Cc1cc(Nc2ncnn3ccc(CN4CC[C@H](N)[C@@H](F)C4)c23)ccc1Oc1ccn2ncnc2c1. The largest absolute Gasteiger partial charge is 0.457 e. The predicted molar refractivity (Wildman–Crippen MR) is 267 cm³/mol. The fourth-order valence-corrected chi connectivity index (χ4v) is 9.15. The summed E-state index contributed by atoms with van der Waals surface area (Å²) in [4.78, 5) is 21.6. The molecule has 6 N–H and O–H groups in total. The van der Waals surface area contributed by atoms with Crippen molar-refractivity contribution in [1.82, 2.24) is 68.2 Å². The molecule has 2 aromatic carbocycles. The second-order valence-electron chi connectivity index (χ2n) is 18.2. The number of ether oxygens (including phenoxy) is 2. The molecule has 0 bridgehead atoms. The smallest absolute Gasteiger partial charge is 0.158 e. The quantitative estimate of drug-likeness (QED) is 0.0970. The van der Waals surface area contributed by atoms with Crippen LogP contribution in [0.15, 0.2) is 123 Å². The Morgan fingerprint density at radius 1 is 0.542 bits per heavy atom. The molecular weight excluding hydrogens is 923 g/mol. The van der Waals surface area contributed by atoms with Gasteiger partial charge in [0.2, 0.25) is 0 Å². The van der Waals surface area contributed by atoms with E-state index in [0.29, 0.717) is 73.4 Å². The Kier molecular flexibility index (Phi) is 12.8. The van der Waals surface area contributed by atoms with Gasteiger partial charge in [0.25, 0.3) is 0 Å². The van der Waals surface area contributed by atoms with E-state index in [1.165, 1.54) is 25.3 Å². The van der Waals surface area contributed by atoms with Crippen molar-refractivity contribution in [2.75, 3.05) is 36.8 Å². The molecule has 368 valence electrons. The summed E-state index contributed by atoms with van der Waals surface area (Å²) in [6, 6.07) is 22.4. The molecule has 10 heterocycles. The Hall–Kier alpha value is -8.18. The van der Waals surface area contributed by atoms with Crippen molar-refractivity contribution in [3.05, 3.63) is 145 Å². The first kappa shape index (κ1) is 46.2. The van der Waals surface area contributed by atoms with E-state index in [9.17, 15) is 8.78 Å². The van der Waals surface area contributed by atoms with Gasteiger partial charge in [-0.2, -0.15) is 20.4 Å². The zero-order chi connectivity index (χ0) is 49.3. The molecule has 0 aliphatic carbocycles. The van der Waals surface area contributed by atoms with Crippen LogP contribution < -0.4 is 31.6 Å². The van der Waals surface area contributed by atoms with Crippen LogP contribution in [0.5, 0.6) is 23.0 Å². The van der Waals surface area contributed by atoms with E-state index in [0.717, 1.165) is 69.3 Å². The summed E-state index contributed by atoms with van der Waals surface area (Å²) in [7, 11) is 0. The Labute approximate surface area is 411 Å². The Morgan fingerprint density at radius 2 is 0.958 bits per heavy atom. The van der Waals surface area contributed by atoms with Crippen LogP contribution in [-0.4, -0.2) is 119 Å². The minimum atomic E-state index is -1.01. The average molecular weight is 975 g/mol. The second kappa shape index (κ2) is 19.9. The molecule has 20 nitrogen and oxygen atoms in total. The van der Waals surface area contributed by atoms with Crippen molar-refractivity contribution >= 4 is 45.3 Å². The molecule has 12 rings (SSSR count). The number of fused-ring (bicyclic) bond motifs is 4. The number of aryl methyl sites for hydroxylation is 2. The van der Waals surface area contributed by atoms with Crippen LogP contribution in [0.3, 0.4) is 0 Å². The van der Waals surface area contributed by atoms with E-state index in [1.54, 1.807) is 18.1 Å². The molecule has 2 fully saturated rings. The lowest BCUT2D eigenvalue weighted by atomic mass is 10.0. The normalized spacial score (nSPS) is 18.6. The predicted octanol–water partition coefficient (Wildman–Crippen LogP) is 6.97. The van der Waals surface area contributed by atoms with Crippen LogP contribution >= 0.6 is 0 Å². The van der Waals surface area contributed by atoms with Gasteiger partial charge < -0.3 is 31.6 Å². The van der Waals surface area contributed by atoms with E-state index in [1.807, 2.05) is 111 Å². The second-order valence-corrected chi connectivity index (χ2v) is 18.2. The van der Waals surface area contributed by atoms with E-state index < -0.39 is 12.3 Å². The Bertz CT molecular complexity index is 3290. The van der Waals surface area contributed by atoms with Gasteiger partial charge in [-0.25, -0.2) is 46.8 Å². The summed E-state index contributed by atoms with van der Waals surface area (Å²) in [5.41, 5.74) is 20.6. The number of halogens is 2. The van der Waals surface area contributed by atoms with E-state index in [-0.39, 0.29) is 12.1 Å².